The van der Waals surface area contributed by atoms with Crippen LogP contribution in [0.15, 0.2) is 83.4 Å². The molecule has 2 aromatic carbocycles. The minimum Gasteiger partial charge on any atom is -0.507 e. The van der Waals surface area contributed by atoms with Gasteiger partial charge in [0.1, 0.15) is 23.9 Å². The Morgan fingerprint density at radius 3 is 2.65 bits per heavy atom. The lowest BCUT2D eigenvalue weighted by atomic mass is 9.95. The Kier molecular flexibility index (Phi) is 5.41. The second kappa shape index (κ2) is 8.31. The zero-order valence-electron chi connectivity index (χ0n) is 16.8. The number of hydrogen-bond acceptors (Lipinski definition) is 6. The van der Waals surface area contributed by atoms with Crippen LogP contribution in [-0.4, -0.2) is 28.6 Å². The number of amides is 1. The minimum atomic E-state index is -0.906. The summed E-state index contributed by atoms with van der Waals surface area (Å²) in [6.07, 6.45) is 1.62. The van der Waals surface area contributed by atoms with Gasteiger partial charge in [-0.1, -0.05) is 60.3 Å². The van der Waals surface area contributed by atoms with E-state index in [2.05, 4.69) is 11.7 Å². The molecule has 3 aromatic rings. The molecule has 7 heteroatoms. The fraction of sp³-hybridized carbons (Fsp3) is 0.125. The van der Waals surface area contributed by atoms with Crippen LogP contribution in [-0.2, 0) is 9.59 Å². The Bertz CT molecular complexity index is 1180. The third-order valence-electron chi connectivity index (χ3n) is 4.90. The Balaban J connectivity index is 1.91. The number of aryl methyl sites for hydroxylation is 1. The summed E-state index contributed by atoms with van der Waals surface area (Å²) in [5.74, 6) is -0.642. The van der Waals surface area contributed by atoms with Crippen LogP contribution >= 0.6 is 0 Å². The quantitative estimate of drug-likeness (QED) is 0.281. The molecule has 2 heterocycles. The predicted octanol–water partition coefficient (Wildman–Crippen LogP) is 4.17. The fourth-order valence-electron chi connectivity index (χ4n) is 3.53. The van der Waals surface area contributed by atoms with E-state index in [1.165, 1.54) is 4.90 Å². The van der Waals surface area contributed by atoms with Gasteiger partial charge in [-0.25, -0.2) is 0 Å². The number of anilines is 1. The number of benzene rings is 2. The van der Waals surface area contributed by atoms with E-state index in [1.54, 1.807) is 73.7 Å². The molecule has 1 unspecified atom stereocenters. The summed E-state index contributed by atoms with van der Waals surface area (Å²) in [6, 6.07) is 16.3. The normalized spacial score (nSPS) is 17.7. The Morgan fingerprint density at radius 2 is 1.97 bits per heavy atom. The van der Waals surface area contributed by atoms with Crippen molar-refractivity contribution in [2.45, 2.75) is 13.0 Å². The van der Waals surface area contributed by atoms with E-state index in [1.807, 2.05) is 0 Å². The van der Waals surface area contributed by atoms with Crippen molar-refractivity contribution in [3.05, 3.63) is 95.8 Å². The van der Waals surface area contributed by atoms with E-state index in [0.29, 0.717) is 29.2 Å². The van der Waals surface area contributed by atoms with Crippen LogP contribution in [0.25, 0.3) is 5.76 Å². The van der Waals surface area contributed by atoms with Gasteiger partial charge in [0.2, 0.25) is 0 Å². The summed E-state index contributed by atoms with van der Waals surface area (Å²) >= 11 is 0. The molecule has 1 aliphatic heterocycles. The van der Waals surface area contributed by atoms with Gasteiger partial charge in [0.05, 0.1) is 11.6 Å². The number of aliphatic hydroxyl groups excluding tert-OH is 1. The Morgan fingerprint density at radius 1 is 1.19 bits per heavy atom. The van der Waals surface area contributed by atoms with Crippen molar-refractivity contribution in [2.75, 3.05) is 11.5 Å². The first kappa shape index (κ1) is 20.2. The summed E-state index contributed by atoms with van der Waals surface area (Å²) in [7, 11) is 0. The lowest BCUT2D eigenvalue weighted by Crippen LogP contribution is -2.29. The second-order valence-corrected chi connectivity index (χ2v) is 7.00. The van der Waals surface area contributed by atoms with Crippen LogP contribution in [0.4, 0.5) is 5.82 Å². The zero-order valence-corrected chi connectivity index (χ0v) is 16.8. The summed E-state index contributed by atoms with van der Waals surface area (Å²) < 4.78 is 10.7. The van der Waals surface area contributed by atoms with Gasteiger partial charge in [-0.15, -0.1) is 0 Å². The number of ketones is 1. The first-order valence-electron chi connectivity index (χ1n) is 9.64. The summed E-state index contributed by atoms with van der Waals surface area (Å²) in [5, 5.41) is 14.9. The molecule has 1 fully saturated rings. The molecule has 0 radical (unpaired) electrons. The molecule has 1 aromatic heterocycles. The molecular weight excluding hydrogens is 396 g/mol. The monoisotopic (exact) mass is 416 g/mol. The van der Waals surface area contributed by atoms with Gasteiger partial charge in [0.15, 0.2) is 5.82 Å². The smallest absolute Gasteiger partial charge is 0.301 e. The molecule has 0 bridgehead atoms. The average molecular weight is 416 g/mol. The molecule has 4 rings (SSSR count). The van der Waals surface area contributed by atoms with Gasteiger partial charge in [0, 0.05) is 11.6 Å². The molecule has 1 atom stereocenters. The molecule has 0 aliphatic carbocycles. The average Bonchev–Trinajstić information content (AvgIpc) is 3.33. The van der Waals surface area contributed by atoms with E-state index in [0.717, 1.165) is 0 Å². The number of aromatic nitrogens is 1. The molecule has 7 nitrogen and oxygen atoms in total. The van der Waals surface area contributed by atoms with Crippen LogP contribution in [0, 0.1) is 6.92 Å². The van der Waals surface area contributed by atoms with E-state index >= 15 is 0 Å². The van der Waals surface area contributed by atoms with Gasteiger partial charge in [-0.2, -0.15) is 0 Å². The third-order valence-corrected chi connectivity index (χ3v) is 4.90. The molecule has 156 valence electrons. The Labute approximate surface area is 178 Å². The van der Waals surface area contributed by atoms with E-state index < -0.39 is 17.7 Å². The molecule has 1 aliphatic rings. The van der Waals surface area contributed by atoms with Gasteiger partial charge >= 0.3 is 5.91 Å². The molecule has 1 saturated heterocycles. The van der Waals surface area contributed by atoms with Crippen molar-refractivity contribution in [3.63, 3.8) is 0 Å². The van der Waals surface area contributed by atoms with Gasteiger partial charge < -0.3 is 14.4 Å². The molecule has 1 amide bonds. The van der Waals surface area contributed by atoms with Crippen molar-refractivity contribution in [1.29, 1.82) is 0 Å². The summed E-state index contributed by atoms with van der Waals surface area (Å²) in [5.41, 5.74) is 0.984. The minimum absolute atomic E-state index is 0.0299. The lowest BCUT2D eigenvalue weighted by molar-refractivity contribution is -0.132. The summed E-state index contributed by atoms with van der Waals surface area (Å²) in [6.45, 7) is 5.63. The maximum absolute atomic E-state index is 13.0. The van der Waals surface area contributed by atoms with Crippen molar-refractivity contribution >= 4 is 23.3 Å². The predicted molar refractivity (Wildman–Crippen MR) is 115 cm³/mol. The second-order valence-electron chi connectivity index (χ2n) is 7.00. The molecular formula is C24H20N2O5. The number of carbonyl (C=O) groups is 2. The lowest BCUT2D eigenvalue weighted by Gasteiger charge is -2.23. The van der Waals surface area contributed by atoms with Crippen LogP contribution < -0.4 is 9.64 Å². The molecule has 0 spiro atoms. The highest BCUT2D eigenvalue weighted by atomic mass is 16.5. The number of nitrogens with zero attached hydrogens (tertiary/aromatic N) is 2. The largest absolute Gasteiger partial charge is 0.507 e. The zero-order chi connectivity index (χ0) is 22.0. The van der Waals surface area contributed by atoms with Crippen molar-refractivity contribution < 1.29 is 24.0 Å². The number of hydrogen-bond donors (Lipinski definition) is 1. The van der Waals surface area contributed by atoms with Crippen molar-refractivity contribution in [3.8, 4) is 5.75 Å². The van der Waals surface area contributed by atoms with E-state index in [9.17, 15) is 14.7 Å². The van der Waals surface area contributed by atoms with Gasteiger partial charge in [0.25, 0.3) is 5.78 Å². The van der Waals surface area contributed by atoms with Crippen molar-refractivity contribution in [1.82, 2.24) is 5.16 Å². The molecule has 31 heavy (non-hydrogen) atoms. The Hall–Kier alpha value is -4.13. The highest BCUT2D eigenvalue weighted by Crippen LogP contribution is 2.42. The maximum atomic E-state index is 13.0. The van der Waals surface area contributed by atoms with Crippen LogP contribution in [0.3, 0.4) is 0 Å². The SMILES string of the molecule is C=CCOc1cccc(C2/C(=C(\O)c3ccccc3)C(=O)C(=O)N2c2cc(C)on2)c1. The molecule has 0 saturated carbocycles. The van der Waals surface area contributed by atoms with Crippen LogP contribution in [0.1, 0.15) is 22.9 Å². The maximum Gasteiger partial charge on any atom is 0.301 e. The number of Topliss-reactive ketones (excluding diaryl/α,β-unsaturated/α-hetero) is 1. The number of ether oxygens (including phenoxy) is 1. The number of aliphatic hydroxyl groups is 1. The van der Waals surface area contributed by atoms with Gasteiger partial charge in [-0.05, 0) is 24.6 Å². The van der Waals surface area contributed by atoms with Crippen molar-refractivity contribution in [2.24, 2.45) is 0 Å². The first-order valence-corrected chi connectivity index (χ1v) is 9.64. The van der Waals surface area contributed by atoms with E-state index in [-0.39, 0.29) is 17.2 Å². The number of carbonyl (C=O) groups excluding carboxylic acids is 2. The van der Waals surface area contributed by atoms with E-state index in [4.69, 9.17) is 9.26 Å². The highest BCUT2D eigenvalue weighted by molar-refractivity contribution is 6.51. The van der Waals surface area contributed by atoms with Crippen LogP contribution in [0.5, 0.6) is 5.75 Å². The number of rotatable bonds is 6. The first-order chi connectivity index (χ1) is 15.0. The highest BCUT2D eigenvalue weighted by Gasteiger charge is 2.48. The topological polar surface area (TPSA) is 92.9 Å². The summed E-state index contributed by atoms with van der Waals surface area (Å²) in [4.78, 5) is 27.3. The van der Waals surface area contributed by atoms with Crippen LogP contribution in [0.2, 0.25) is 0 Å². The molecule has 1 N–H and O–H groups in total. The standard InChI is InChI=1S/C24H20N2O5/c1-3-12-30-18-11-7-10-17(14-18)21-20(22(27)16-8-5-4-6-9-16)23(28)24(29)26(21)19-13-15(2)31-25-19/h3-11,13-14,21,27H,1,12H2,2H3/b22-20+. The fourth-order valence-corrected chi connectivity index (χ4v) is 3.53. The third kappa shape index (κ3) is 3.73. The van der Waals surface area contributed by atoms with Gasteiger partial charge in [-0.3, -0.25) is 14.5 Å².